The summed E-state index contributed by atoms with van der Waals surface area (Å²) in [7, 11) is 1.77. The molecule has 1 heterocycles. The van der Waals surface area contributed by atoms with Gasteiger partial charge in [-0.2, -0.15) is 0 Å². The first-order valence-corrected chi connectivity index (χ1v) is 6.86. The van der Waals surface area contributed by atoms with Crippen LogP contribution in [0.2, 0.25) is 0 Å². The number of aromatic nitrogens is 4. The second-order valence-electron chi connectivity index (χ2n) is 4.74. The maximum atomic E-state index is 11.3. The summed E-state index contributed by atoms with van der Waals surface area (Å²) in [5.41, 5.74) is -0.861. The van der Waals surface area contributed by atoms with Crippen molar-refractivity contribution in [3.8, 4) is 0 Å². The highest BCUT2D eigenvalue weighted by atomic mass is 32.2. The van der Waals surface area contributed by atoms with E-state index in [4.69, 9.17) is 0 Å². The second kappa shape index (κ2) is 5.23. The zero-order valence-corrected chi connectivity index (χ0v) is 11.3. The summed E-state index contributed by atoms with van der Waals surface area (Å²) in [5, 5.41) is 24.3. The van der Waals surface area contributed by atoms with Gasteiger partial charge in [0, 0.05) is 18.8 Å². The molecule has 0 aliphatic heterocycles. The first kappa shape index (κ1) is 13.3. The van der Waals surface area contributed by atoms with Gasteiger partial charge < -0.3 is 5.11 Å². The summed E-state index contributed by atoms with van der Waals surface area (Å²) in [6.07, 6.45) is 2.68. The van der Waals surface area contributed by atoms with Crippen molar-refractivity contribution in [1.29, 1.82) is 0 Å². The summed E-state index contributed by atoms with van der Waals surface area (Å²) >= 11 is 1.47. The topological polar surface area (TPSA) is 92.9 Å². The third kappa shape index (κ3) is 3.20. The van der Waals surface area contributed by atoms with Gasteiger partial charge in [-0.1, -0.05) is 11.8 Å². The molecule has 18 heavy (non-hydrogen) atoms. The average molecular weight is 271 g/mol. The van der Waals surface area contributed by atoms with E-state index in [2.05, 4.69) is 20.8 Å². The van der Waals surface area contributed by atoms with Crippen LogP contribution < -0.4 is 5.32 Å². The predicted molar refractivity (Wildman–Crippen MR) is 66.3 cm³/mol. The third-order valence-corrected chi connectivity index (χ3v) is 4.00. The first-order chi connectivity index (χ1) is 8.51. The van der Waals surface area contributed by atoms with Crippen LogP contribution in [0, 0.1) is 0 Å². The van der Waals surface area contributed by atoms with Crippen LogP contribution in [0.4, 0.5) is 0 Å². The molecule has 0 saturated heterocycles. The fourth-order valence-electron chi connectivity index (χ4n) is 1.61. The van der Waals surface area contributed by atoms with Gasteiger partial charge in [-0.15, -0.1) is 5.10 Å². The Morgan fingerprint density at radius 3 is 2.89 bits per heavy atom. The first-order valence-electron chi connectivity index (χ1n) is 5.87. The van der Waals surface area contributed by atoms with Crippen molar-refractivity contribution >= 4 is 17.7 Å². The van der Waals surface area contributed by atoms with Crippen LogP contribution in [-0.4, -0.2) is 48.6 Å². The van der Waals surface area contributed by atoms with Crippen molar-refractivity contribution in [2.24, 2.45) is 7.05 Å². The van der Waals surface area contributed by atoms with Gasteiger partial charge in [0.05, 0.1) is 0 Å². The van der Waals surface area contributed by atoms with Gasteiger partial charge in [0.1, 0.15) is 5.54 Å². The highest BCUT2D eigenvalue weighted by Crippen LogP contribution is 2.26. The Morgan fingerprint density at radius 2 is 2.39 bits per heavy atom. The Labute approximate surface area is 109 Å². The maximum absolute atomic E-state index is 11.3. The molecule has 1 fully saturated rings. The highest BCUT2D eigenvalue weighted by Gasteiger charge is 2.38. The Bertz CT molecular complexity index is 434. The summed E-state index contributed by atoms with van der Waals surface area (Å²) < 4.78 is 1.58. The van der Waals surface area contributed by atoms with Crippen LogP contribution in [0.5, 0.6) is 0 Å². The Morgan fingerprint density at radius 1 is 1.67 bits per heavy atom. The molecule has 0 aromatic carbocycles. The lowest BCUT2D eigenvalue weighted by atomic mass is 9.99. The molecule has 2 N–H and O–H groups in total. The van der Waals surface area contributed by atoms with Gasteiger partial charge in [0.2, 0.25) is 5.16 Å². The van der Waals surface area contributed by atoms with Gasteiger partial charge in [-0.25, -0.2) is 4.68 Å². The lowest BCUT2D eigenvalue weighted by molar-refractivity contribution is -0.144. The molecule has 0 radical (unpaired) electrons. The van der Waals surface area contributed by atoms with Crippen molar-refractivity contribution in [3.05, 3.63) is 0 Å². The van der Waals surface area contributed by atoms with E-state index in [0.29, 0.717) is 23.4 Å². The molecule has 1 atom stereocenters. The molecular weight excluding hydrogens is 254 g/mol. The Hall–Kier alpha value is -1.15. The summed E-state index contributed by atoms with van der Waals surface area (Å²) in [6.45, 7) is 1.74. The number of hydrogen-bond donors (Lipinski definition) is 2. The minimum absolute atomic E-state index is 0.368. The van der Waals surface area contributed by atoms with Crippen LogP contribution in [0.1, 0.15) is 26.2 Å². The lowest BCUT2D eigenvalue weighted by Crippen LogP contribution is -2.51. The lowest BCUT2D eigenvalue weighted by Gasteiger charge is -2.26. The number of hydrogen-bond acceptors (Lipinski definition) is 6. The maximum Gasteiger partial charge on any atom is 0.323 e. The zero-order chi connectivity index (χ0) is 13.2. The third-order valence-electron chi connectivity index (χ3n) is 2.99. The summed E-state index contributed by atoms with van der Waals surface area (Å²) in [4.78, 5) is 11.3. The normalized spacial score (nSPS) is 18.6. The van der Waals surface area contributed by atoms with Crippen LogP contribution >= 0.6 is 11.8 Å². The molecule has 0 bridgehead atoms. The largest absolute Gasteiger partial charge is 0.480 e. The minimum Gasteiger partial charge on any atom is -0.480 e. The van der Waals surface area contributed by atoms with Gasteiger partial charge in [-0.05, 0) is 36.6 Å². The average Bonchev–Trinajstić information content (AvgIpc) is 3.02. The van der Waals surface area contributed by atoms with E-state index in [9.17, 15) is 9.90 Å². The van der Waals surface area contributed by atoms with Crippen molar-refractivity contribution in [2.45, 2.75) is 42.9 Å². The number of nitrogens with one attached hydrogen (secondary N) is 1. The van der Waals surface area contributed by atoms with E-state index < -0.39 is 11.5 Å². The molecule has 1 aliphatic rings. The number of carboxylic acid groups (broad SMARTS) is 1. The molecule has 8 heteroatoms. The zero-order valence-electron chi connectivity index (χ0n) is 10.5. The molecule has 1 aliphatic carbocycles. The number of aryl methyl sites for hydroxylation is 1. The number of carboxylic acids is 1. The predicted octanol–water partition coefficient (Wildman–Crippen LogP) is 0.288. The van der Waals surface area contributed by atoms with E-state index in [1.165, 1.54) is 11.8 Å². The van der Waals surface area contributed by atoms with Crippen molar-refractivity contribution in [2.75, 3.05) is 5.75 Å². The molecule has 7 nitrogen and oxygen atoms in total. The fraction of sp³-hybridized carbons (Fsp3) is 0.800. The minimum atomic E-state index is -0.861. The van der Waals surface area contributed by atoms with Gasteiger partial charge in [0.15, 0.2) is 0 Å². The number of tetrazole rings is 1. The number of thioether (sulfide) groups is 1. The molecule has 1 saturated carbocycles. The van der Waals surface area contributed by atoms with Gasteiger partial charge in [0.25, 0.3) is 0 Å². The van der Waals surface area contributed by atoms with E-state index in [1.54, 1.807) is 18.7 Å². The fourth-order valence-corrected chi connectivity index (χ4v) is 2.62. The standard InChI is InChI=1S/C10H17N5O2S/c1-10(8(16)17,11-7-3-4-7)5-6-18-9-12-13-14-15(9)2/h7,11H,3-6H2,1-2H3,(H,16,17). The van der Waals surface area contributed by atoms with Crippen LogP contribution in [0.25, 0.3) is 0 Å². The van der Waals surface area contributed by atoms with Crippen LogP contribution in [-0.2, 0) is 11.8 Å². The van der Waals surface area contributed by atoms with E-state index >= 15 is 0 Å². The molecule has 2 rings (SSSR count). The highest BCUT2D eigenvalue weighted by molar-refractivity contribution is 7.99. The second-order valence-corrected chi connectivity index (χ2v) is 5.80. The van der Waals surface area contributed by atoms with E-state index in [-0.39, 0.29) is 0 Å². The summed E-state index contributed by atoms with van der Waals surface area (Å²) in [6, 6.07) is 0.368. The van der Waals surface area contributed by atoms with Crippen molar-refractivity contribution in [3.63, 3.8) is 0 Å². The number of carbonyl (C=O) groups is 1. The molecule has 1 unspecified atom stereocenters. The number of nitrogens with zero attached hydrogens (tertiary/aromatic N) is 4. The smallest absolute Gasteiger partial charge is 0.323 e. The summed E-state index contributed by atoms with van der Waals surface area (Å²) in [5.74, 6) is -0.136. The Kier molecular flexibility index (Phi) is 3.86. The van der Waals surface area contributed by atoms with Crippen molar-refractivity contribution in [1.82, 2.24) is 25.5 Å². The molecule has 100 valence electrons. The van der Waals surface area contributed by atoms with E-state index in [0.717, 1.165) is 12.8 Å². The SMILES string of the molecule is Cn1nnnc1SCCC(C)(NC1CC1)C(=O)O. The van der Waals surface area contributed by atoms with E-state index in [1.807, 2.05) is 0 Å². The molecule has 0 amide bonds. The molecule has 1 aromatic rings. The number of aliphatic carboxylic acids is 1. The molecular formula is C10H17N5O2S. The quantitative estimate of drug-likeness (QED) is 0.688. The molecule has 1 aromatic heterocycles. The van der Waals surface area contributed by atoms with Crippen LogP contribution in [0.15, 0.2) is 5.16 Å². The molecule has 0 spiro atoms. The van der Waals surface area contributed by atoms with Gasteiger partial charge in [-0.3, -0.25) is 10.1 Å². The van der Waals surface area contributed by atoms with Crippen LogP contribution in [0.3, 0.4) is 0 Å². The Balaban J connectivity index is 1.85. The number of rotatable bonds is 7. The van der Waals surface area contributed by atoms with Crippen molar-refractivity contribution < 1.29 is 9.90 Å². The van der Waals surface area contributed by atoms with Gasteiger partial charge >= 0.3 is 5.97 Å². The monoisotopic (exact) mass is 271 g/mol.